The first-order valence-corrected chi connectivity index (χ1v) is 6.32. The van der Waals surface area contributed by atoms with Crippen molar-refractivity contribution in [2.45, 2.75) is 25.9 Å². The summed E-state index contributed by atoms with van der Waals surface area (Å²) in [5.74, 6) is -1.25. The number of nitrogens with zero attached hydrogens (tertiary/aromatic N) is 1. The lowest BCUT2D eigenvalue weighted by Gasteiger charge is -2.23. The highest BCUT2D eigenvalue weighted by atomic mass is 19.1. The predicted octanol–water partition coefficient (Wildman–Crippen LogP) is 2.13. The molecule has 2 atom stereocenters. The first-order valence-electron chi connectivity index (χ1n) is 6.32. The largest absolute Gasteiger partial charge is 0.494 e. The standard InChI is InChI=1S/C14H18FNO3/c1-9-11(14(17)18)5-6-16(9)8-10-3-4-13(19-2)12(15)7-10/h3-4,7,9,11H,5-6,8H2,1-2H3,(H,17,18). The van der Waals surface area contributed by atoms with Crippen LogP contribution in [0.1, 0.15) is 18.9 Å². The molecule has 1 aliphatic rings. The summed E-state index contributed by atoms with van der Waals surface area (Å²) >= 11 is 0. The number of carbonyl (C=O) groups is 1. The second-order valence-electron chi connectivity index (χ2n) is 4.91. The summed E-state index contributed by atoms with van der Waals surface area (Å²) in [6.07, 6.45) is 0.648. The van der Waals surface area contributed by atoms with Crippen LogP contribution in [0.25, 0.3) is 0 Å². The zero-order valence-electron chi connectivity index (χ0n) is 11.1. The minimum atomic E-state index is -0.754. The Kier molecular flexibility index (Phi) is 4.04. The van der Waals surface area contributed by atoms with Gasteiger partial charge in [-0.2, -0.15) is 0 Å². The normalized spacial score (nSPS) is 23.5. The monoisotopic (exact) mass is 267 g/mol. The number of hydrogen-bond donors (Lipinski definition) is 1. The average molecular weight is 267 g/mol. The van der Waals surface area contributed by atoms with Gasteiger partial charge in [-0.3, -0.25) is 9.69 Å². The van der Waals surface area contributed by atoms with Gasteiger partial charge >= 0.3 is 5.97 Å². The molecular formula is C14H18FNO3. The fraction of sp³-hybridized carbons (Fsp3) is 0.500. The van der Waals surface area contributed by atoms with Gasteiger partial charge < -0.3 is 9.84 Å². The molecule has 0 spiro atoms. The summed E-state index contributed by atoms with van der Waals surface area (Å²) in [6.45, 7) is 3.20. The number of carboxylic acids is 1. The summed E-state index contributed by atoms with van der Waals surface area (Å²) in [5.41, 5.74) is 0.830. The lowest BCUT2D eigenvalue weighted by Crippen LogP contribution is -2.32. The number of methoxy groups -OCH3 is 1. The topological polar surface area (TPSA) is 49.8 Å². The summed E-state index contributed by atoms with van der Waals surface area (Å²) in [4.78, 5) is 13.1. The summed E-state index contributed by atoms with van der Waals surface area (Å²) < 4.78 is 18.5. The van der Waals surface area contributed by atoms with Crippen LogP contribution in [-0.2, 0) is 11.3 Å². The zero-order valence-corrected chi connectivity index (χ0v) is 11.1. The van der Waals surface area contributed by atoms with Crippen molar-refractivity contribution in [3.8, 4) is 5.75 Å². The third-order valence-electron chi connectivity index (χ3n) is 3.80. The van der Waals surface area contributed by atoms with Crippen LogP contribution >= 0.6 is 0 Å². The number of hydrogen-bond acceptors (Lipinski definition) is 3. The molecule has 0 radical (unpaired) electrons. The smallest absolute Gasteiger partial charge is 0.308 e. The van der Waals surface area contributed by atoms with Gasteiger partial charge in [0.2, 0.25) is 0 Å². The molecule has 1 aliphatic heterocycles. The van der Waals surface area contributed by atoms with E-state index in [-0.39, 0.29) is 23.5 Å². The lowest BCUT2D eigenvalue weighted by molar-refractivity contribution is -0.142. The Morgan fingerprint density at radius 1 is 1.58 bits per heavy atom. The van der Waals surface area contributed by atoms with Gasteiger partial charge in [0.25, 0.3) is 0 Å². The number of halogens is 1. The van der Waals surface area contributed by atoms with Crippen LogP contribution in [0.3, 0.4) is 0 Å². The molecule has 2 unspecified atom stereocenters. The van der Waals surface area contributed by atoms with Crippen molar-refractivity contribution in [1.82, 2.24) is 4.90 Å². The van der Waals surface area contributed by atoms with Crippen molar-refractivity contribution >= 4 is 5.97 Å². The number of rotatable bonds is 4. The van der Waals surface area contributed by atoms with Crippen LogP contribution in [-0.4, -0.2) is 35.7 Å². The number of likely N-dealkylation sites (tertiary alicyclic amines) is 1. The molecule has 1 fully saturated rings. The highest BCUT2D eigenvalue weighted by molar-refractivity contribution is 5.71. The van der Waals surface area contributed by atoms with E-state index in [9.17, 15) is 9.18 Å². The molecule has 1 heterocycles. The van der Waals surface area contributed by atoms with E-state index >= 15 is 0 Å². The Bertz CT molecular complexity index is 478. The second kappa shape index (κ2) is 5.57. The highest BCUT2D eigenvalue weighted by Gasteiger charge is 2.35. The van der Waals surface area contributed by atoms with Crippen molar-refractivity contribution in [3.05, 3.63) is 29.6 Å². The molecule has 1 aromatic carbocycles. The van der Waals surface area contributed by atoms with E-state index in [0.29, 0.717) is 13.0 Å². The minimum absolute atomic E-state index is 0.0253. The minimum Gasteiger partial charge on any atom is -0.494 e. The number of aliphatic carboxylic acids is 1. The van der Waals surface area contributed by atoms with Crippen LogP contribution in [0.15, 0.2) is 18.2 Å². The third kappa shape index (κ3) is 2.87. The highest BCUT2D eigenvalue weighted by Crippen LogP contribution is 2.27. The Hall–Kier alpha value is -1.62. The second-order valence-corrected chi connectivity index (χ2v) is 4.91. The van der Waals surface area contributed by atoms with Crippen molar-refractivity contribution in [2.75, 3.05) is 13.7 Å². The van der Waals surface area contributed by atoms with Gasteiger partial charge in [0, 0.05) is 12.6 Å². The van der Waals surface area contributed by atoms with Crippen molar-refractivity contribution in [1.29, 1.82) is 0 Å². The molecule has 0 amide bonds. The lowest BCUT2D eigenvalue weighted by atomic mass is 10.0. The number of carboxylic acid groups (broad SMARTS) is 1. The molecule has 1 aromatic rings. The maximum Gasteiger partial charge on any atom is 0.308 e. The molecule has 2 rings (SSSR count). The molecule has 19 heavy (non-hydrogen) atoms. The SMILES string of the molecule is COc1ccc(CN2CCC(C(=O)O)C2C)cc1F. The molecule has 104 valence electrons. The van der Waals surface area contributed by atoms with Crippen molar-refractivity contribution < 1.29 is 19.0 Å². The zero-order chi connectivity index (χ0) is 14.0. The van der Waals surface area contributed by atoms with Crippen LogP contribution in [0.5, 0.6) is 5.75 Å². The van der Waals surface area contributed by atoms with E-state index in [1.165, 1.54) is 13.2 Å². The van der Waals surface area contributed by atoms with E-state index in [4.69, 9.17) is 9.84 Å². The summed E-state index contributed by atoms with van der Waals surface area (Å²) in [5, 5.41) is 9.08. The first-order chi connectivity index (χ1) is 9.02. The van der Waals surface area contributed by atoms with E-state index in [0.717, 1.165) is 12.1 Å². The van der Waals surface area contributed by atoms with Gasteiger partial charge in [0.05, 0.1) is 13.0 Å². The van der Waals surface area contributed by atoms with Gasteiger partial charge in [-0.15, -0.1) is 0 Å². The summed E-state index contributed by atoms with van der Waals surface area (Å²) in [7, 11) is 1.43. The maximum absolute atomic E-state index is 13.6. The van der Waals surface area contributed by atoms with Crippen molar-refractivity contribution in [3.63, 3.8) is 0 Å². The number of ether oxygens (including phenoxy) is 1. The van der Waals surface area contributed by atoms with Gasteiger partial charge in [-0.1, -0.05) is 6.07 Å². The van der Waals surface area contributed by atoms with E-state index in [2.05, 4.69) is 4.90 Å². The first kappa shape index (κ1) is 13.8. The van der Waals surface area contributed by atoms with Gasteiger partial charge in [0.1, 0.15) is 0 Å². The van der Waals surface area contributed by atoms with E-state index in [1.807, 2.05) is 13.0 Å². The number of benzene rings is 1. The molecule has 0 bridgehead atoms. The van der Waals surface area contributed by atoms with E-state index < -0.39 is 5.97 Å². The van der Waals surface area contributed by atoms with Crippen molar-refractivity contribution in [2.24, 2.45) is 5.92 Å². The molecule has 4 nitrogen and oxygen atoms in total. The fourth-order valence-corrected chi connectivity index (χ4v) is 2.60. The average Bonchev–Trinajstić information content (AvgIpc) is 2.71. The predicted molar refractivity (Wildman–Crippen MR) is 68.6 cm³/mol. The van der Waals surface area contributed by atoms with Crippen LogP contribution in [0.4, 0.5) is 4.39 Å². The maximum atomic E-state index is 13.6. The Balaban J connectivity index is 2.06. The van der Waals surface area contributed by atoms with Gasteiger partial charge in [-0.05, 0) is 37.6 Å². The summed E-state index contributed by atoms with van der Waals surface area (Å²) in [6, 6.07) is 4.82. The van der Waals surface area contributed by atoms with Gasteiger partial charge in [0.15, 0.2) is 11.6 Å². The van der Waals surface area contributed by atoms with Crippen LogP contribution in [0.2, 0.25) is 0 Å². The Morgan fingerprint density at radius 2 is 2.32 bits per heavy atom. The molecule has 0 saturated carbocycles. The molecule has 0 aliphatic carbocycles. The molecule has 5 heteroatoms. The Morgan fingerprint density at radius 3 is 2.84 bits per heavy atom. The van der Waals surface area contributed by atoms with E-state index in [1.54, 1.807) is 6.07 Å². The molecule has 1 saturated heterocycles. The van der Waals surface area contributed by atoms with Crippen LogP contribution < -0.4 is 4.74 Å². The quantitative estimate of drug-likeness (QED) is 0.908. The Labute approximate surface area is 111 Å². The fourth-order valence-electron chi connectivity index (χ4n) is 2.60. The molecule has 1 N–H and O–H groups in total. The van der Waals surface area contributed by atoms with Crippen LogP contribution in [0, 0.1) is 11.7 Å². The van der Waals surface area contributed by atoms with Gasteiger partial charge in [-0.25, -0.2) is 4.39 Å². The molecular weight excluding hydrogens is 249 g/mol. The third-order valence-corrected chi connectivity index (χ3v) is 3.80. The molecule has 0 aromatic heterocycles.